The molecule has 1 aliphatic rings. The first kappa shape index (κ1) is 29.0. The summed E-state index contributed by atoms with van der Waals surface area (Å²) in [6.07, 6.45) is -5.15. The lowest BCUT2D eigenvalue weighted by Crippen LogP contribution is -2.49. The van der Waals surface area contributed by atoms with Gasteiger partial charge in [-0.25, -0.2) is 4.79 Å². The van der Waals surface area contributed by atoms with Crippen LogP contribution in [0, 0.1) is 0 Å². The molecule has 3 unspecified atom stereocenters. The molecule has 0 spiro atoms. The monoisotopic (exact) mass is 521 g/mol. The maximum Gasteiger partial charge on any atom is 0.359 e. The lowest BCUT2D eigenvalue weighted by molar-refractivity contribution is -0.142. The standard InChI is InChI=1S/C20H32N3O11P/c1-7-20(6,34-35(30,31)19(4,5)29)15-13(26)14(27)17(33-15)23-8-12(9-32-11(3)25)16(21-10(2)24)22-18(23)28/h8,13-15,17,26-27,29H,7,9H2,1-6H3,(H,30,31)(H,21,22,24,28)/t13-,14+,15?,17+,20?/m0/s1. The van der Waals surface area contributed by atoms with E-state index < -0.39 is 60.6 Å². The van der Waals surface area contributed by atoms with E-state index in [1.807, 2.05) is 0 Å². The lowest BCUT2D eigenvalue weighted by atomic mass is 9.91. The molecule has 0 aromatic carbocycles. The molecule has 5 N–H and O–H groups in total. The van der Waals surface area contributed by atoms with E-state index in [-0.39, 0.29) is 24.4 Å². The molecule has 35 heavy (non-hydrogen) atoms. The molecule has 1 aliphatic heterocycles. The molecule has 14 nitrogen and oxygen atoms in total. The summed E-state index contributed by atoms with van der Waals surface area (Å²) in [6.45, 7) is 7.07. The van der Waals surface area contributed by atoms with Crippen molar-refractivity contribution in [3.63, 3.8) is 0 Å². The first-order valence-electron chi connectivity index (χ1n) is 10.7. The maximum atomic E-state index is 12.7. The van der Waals surface area contributed by atoms with E-state index in [2.05, 4.69) is 10.3 Å². The smallest absolute Gasteiger partial charge is 0.359 e. The Hall–Kier alpha value is -2.19. The van der Waals surface area contributed by atoms with Gasteiger partial charge in [0.2, 0.25) is 5.91 Å². The molecular weight excluding hydrogens is 489 g/mol. The minimum atomic E-state index is -4.65. The first-order valence-corrected chi connectivity index (χ1v) is 12.3. The fraction of sp³-hybridized carbons (Fsp3) is 0.700. The molecular formula is C20H32N3O11P. The Morgan fingerprint density at radius 2 is 1.86 bits per heavy atom. The number of nitrogens with zero attached hydrogens (tertiary/aromatic N) is 2. The molecule has 2 rings (SSSR count). The minimum absolute atomic E-state index is 0.0150. The molecule has 1 amide bonds. The van der Waals surface area contributed by atoms with Crippen molar-refractivity contribution in [2.45, 2.75) is 90.1 Å². The highest BCUT2D eigenvalue weighted by Crippen LogP contribution is 2.58. The number of hydrogen-bond donors (Lipinski definition) is 5. The number of aromatic nitrogens is 2. The zero-order valence-electron chi connectivity index (χ0n) is 20.3. The average Bonchev–Trinajstić information content (AvgIpc) is 3.01. The fourth-order valence-corrected chi connectivity index (χ4v) is 4.38. The van der Waals surface area contributed by atoms with Gasteiger partial charge in [0.25, 0.3) is 0 Å². The summed E-state index contributed by atoms with van der Waals surface area (Å²) >= 11 is 0. The summed E-state index contributed by atoms with van der Waals surface area (Å²) in [5, 5.41) is 31.7. The van der Waals surface area contributed by atoms with E-state index in [0.717, 1.165) is 31.5 Å². The van der Waals surface area contributed by atoms with E-state index in [0.29, 0.717) is 0 Å². The fourth-order valence-electron chi connectivity index (χ4n) is 3.36. The molecule has 1 aromatic rings. The number of hydrogen-bond acceptors (Lipinski definition) is 11. The highest BCUT2D eigenvalue weighted by Gasteiger charge is 2.56. The van der Waals surface area contributed by atoms with Crippen LogP contribution in [0.2, 0.25) is 0 Å². The Morgan fingerprint density at radius 1 is 1.26 bits per heavy atom. The SMILES string of the molecule is CCC(C)(OP(=O)(O)C(C)(C)O)C1O[C@@H](n2cc(COC(C)=O)c(NC(C)=O)nc2=O)[C@H](O)[C@@H]1O. The molecule has 0 aliphatic carbocycles. The van der Waals surface area contributed by atoms with Crippen LogP contribution in [-0.4, -0.2) is 70.9 Å². The van der Waals surface area contributed by atoms with Crippen LogP contribution in [0.3, 0.4) is 0 Å². The Labute approximate surface area is 201 Å². The summed E-state index contributed by atoms with van der Waals surface area (Å²) in [4.78, 5) is 49.4. The van der Waals surface area contributed by atoms with Crippen molar-refractivity contribution in [1.29, 1.82) is 0 Å². The van der Waals surface area contributed by atoms with Crippen molar-refractivity contribution in [1.82, 2.24) is 9.55 Å². The lowest BCUT2D eigenvalue weighted by Gasteiger charge is -2.39. The number of aliphatic hydroxyl groups is 3. The van der Waals surface area contributed by atoms with Gasteiger partial charge in [-0.05, 0) is 27.2 Å². The third-order valence-electron chi connectivity index (χ3n) is 5.59. The van der Waals surface area contributed by atoms with Crippen molar-refractivity contribution < 1.29 is 48.4 Å². The van der Waals surface area contributed by atoms with E-state index in [9.17, 15) is 39.2 Å². The van der Waals surface area contributed by atoms with Crippen molar-refractivity contribution in [2.75, 3.05) is 5.32 Å². The number of ether oxygens (including phenoxy) is 2. The normalized spacial score (nSPS) is 26.0. The predicted molar refractivity (Wildman–Crippen MR) is 120 cm³/mol. The zero-order valence-corrected chi connectivity index (χ0v) is 21.2. The summed E-state index contributed by atoms with van der Waals surface area (Å²) in [5.41, 5.74) is -2.55. The molecule has 1 aromatic heterocycles. The van der Waals surface area contributed by atoms with Gasteiger partial charge >= 0.3 is 19.3 Å². The Kier molecular flexibility index (Phi) is 8.65. The molecule has 1 fully saturated rings. The topological polar surface area (TPSA) is 207 Å². The second-order valence-electron chi connectivity index (χ2n) is 8.97. The van der Waals surface area contributed by atoms with E-state index in [4.69, 9.17) is 14.0 Å². The van der Waals surface area contributed by atoms with E-state index in [1.165, 1.54) is 13.8 Å². The highest BCUT2D eigenvalue weighted by molar-refractivity contribution is 7.54. The van der Waals surface area contributed by atoms with Crippen molar-refractivity contribution >= 4 is 25.3 Å². The van der Waals surface area contributed by atoms with Crippen LogP contribution in [0.4, 0.5) is 5.82 Å². The van der Waals surface area contributed by atoms with Gasteiger partial charge in [0, 0.05) is 25.6 Å². The van der Waals surface area contributed by atoms with Crippen LogP contribution in [0.15, 0.2) is 11.0 Å². The predicted octanol–water partition coefficient (Wildman–Crippen LogP) is -0.0169. The number of rotatable bonds is 9. The van der Waals surface area contributed by atoms with Gasteiger partial charge in [-0.3, -0.25) is 23.2 Å². The van der Waals surface area contributed by atoms with Gasteiger partial charge in [-0.2, -0.15) is 4.98 Å². The molecule has 0 bridgehead atoms. The van der Waals surface area contributed by atoms with Gasteiger partial charge in [-0.15, -0.1) is 0 Å². The average molecular weight is 521 g/mol. The van der Waals surface area contributed by atoms with Crippen molar-refractivity contribution in [3.05, 3.63) is 22.2 Å². The number of aliphatic hydroxyl groups excluding tert-OH is 2. The number of esters is 1. The van der Waals surface area contributed by atoms with Crippen LogP contribution in [0.5, 0.6) is 0 Å². The van der Waals surface area contributed by atoms with E-state index >= 15 is 0 Å². The number of amides is 1. The molecule has 15 heteroatoms. The summed E-state index contributed by atoms with van der Waals surface area (Å²) in [5.74, 6) is -1.35. The third-order valence-corrected chi connectivity index (χ3v) is 7.64. The van der Waals surface area contributed by atoms with Crippen LogP contribution in [0.1, 0.15) is 59.8 Å². The maximum absolute atomic E-state index is 12.7. The van der Waals surface area contributed by atoms with Crippen LogP contribution in [-0.2, 0) is 34.8 Å². The quantitative estimate of drug-likeness (QED) is 0.215. The number of anilines is 1. The first-order chi connectivity index (χ1) is 15.9. The molecule has 2 heterocycles. The van der Waals surface area contributed by atoms with Gasteiger partial charge < -0.3 is 35.0 Å². The molecule has 0 radical (unpaired) electrons. The van der Waals surface area contributed by atoms with Crippen molar-refractivity contribution in [3.8, 4) is 0 Å². The number of carbonyl (C=O) groups excluding carboxylic acids is 2. The van der Waals surface area contributed by atoms with Crippen LogP contribution >= 0.6 is 7.60 Å². The summed E-state index contributed by atoms with van der Waals surface area (Å²) in [6, 6.07) is 0. The highest BCUT2D eigenvalue weighted by atomic mass is 31.2. The Bertz CT molecular complexity index is 1070. The van der Waals surface area contributed by atoms with Gasteiger partial charge in [0.1, 0.15) is 36.3 Å². The van der Waals surface area contributed by atoms with Gasteiger partial charge in [0.05, 0.1) is 0 Å². The summed E-state index contributed by atoms with van der Waals surface area (Å²) < 4.78 is 29.5. The summed E-state index contributed by atoms with van der Waals surface area (Å²) in [7, 11) is -4.65. The van der Waals surface area contributed by atoms with Gasteiger partial charge in [-0.1, -0.05) is 6.92 Å². The Balaban J connectivity index is 2.48. The molecule has 6 atom stereocenters. The zero-order chi connectivity index (χ0) is 26.9. The van der Waals surface area contributed by atoms with Crippen LogP contribution in [0.25, 0.3) is 0 Å². The van der Waals surface area contributed by atoms with E-state index in [1.54, 1.807) is 6.92 Å². The van der Waals surface area contributed by atoms with Crippen molar-refractivity contribution in [2.24, 2.45) is 0 Å². The second kappa shape index (κ2) is 10.4. The third kappa shape index (κ3) is 6.33. The van der Waals surface area contributed by atoms with Gasteiger partial charge in [0.15, 0.2) is 11.6 Å². The number of carbonyl (C=O) groups is 2. The van der Waals surface area contributed by atoms with Crippen LogP contribution < -0.4 is 11.0 Å². The Morgan fingerprint density at radius 3 is 2.34 bits per heavy atom. The number of nitrogens with one attached hydrogen (secondary N) is 1. The molecule has 198 valence electrons. The minimum Gasteiger partial charge on any atom is -0.461 e. The molecule has 0 saturated carbocycles. The second-order valence-corrected chi connectivity index (χ2v) is 11.3. The molecule has 1 saturated heterocycles. The largest absolute Gasteiger partial charge is 0.461 e.